The van der Waals surface area contributed by atoms with Crippen molar-refractivity contribution >= 4 is 0 Å². The summed E-state index contributed by atoms with van der Waals surface area (Å²) < 4.78 is 37.4. The molecule has 1 rings (SSSR count). The van der Waals surface area contributed by atoms with E-state index < -0.39 is 12.1 Å². The predicted molar refractivity (Wildman–Crippen MR) is 62.6 cm³/mol. The molecule has 17 heavy (non-hydrogen) atoms. The molecule has 102 valence electrons. The third-order valence-electron chi connectivity index (χ3n) is 3.32. The lowest BCUT2D eigenvalue weighted by atomic mass is 9.95. The van der Waals surface area contributed by atoms with E-state index >= 15 is 0 Å². The van der Waals surface area contributed by atoms with Crippen molar-refractivity contribution in [1.82, 2.24) is 4.90 Å². The van der Waals surface area contributed by atoms with Crippen LogP contribution >= 0.6 is 0 Å². The zero-order valence-electron chi connectivity index (χ0n) is 10.6. The Balaban J connectivity index is 2.28. The van der Waals surface area contributed by atoms with Crippen LogP contribution in [0.15, 0.2) is 0 Å². The zero-order chi connectivity index (χ0) is 13.1. The predicted octanol–water partition coefficient (Wildman–Crippen LogP) is 2.63. The first kappa shape index (κ1) is 14.8. The maximum absolute atomic E-state index is 12.5. The minimum Gasteiger partial charge on any atom is -0.327 e. The average Bonchev–Trinajstić information content (AvgIpc) is 2.15. The first-order valence-corrected chi connectivity index (χ1v) is 6.33. The summed E-state index contributed by atoms with van der Waals surface area (Å²) in [6, 6.07) is 0.0810. The number of piperidine rings is 1. The van der Waals surface area contributed by atoms with Gasteiger partial charge in [0.1, 0.15) is 0 Å². The summed E-state index contributed by atoms with van der Waals surface area (Å²) in [5.41, 5.74) is 5.96. The smallest absolute Gasteiger partial charge is 0.327 e. The Morgan fingerprint density at radius 2 is 1.76 bits per heavy atom. The summed E-state index contributed by atoms with van der Waals surface area (Å²) in [5, 5.41) is 0. The van der Waals surface area contributed by atoms with Gasteiger partial charge < -0.3 is 10.6 Å². The molecule has 0 aromatic heterocycles. The van der Waals surface area contributed by atoms with E-state index in [1.165, 1.54) is 0 Å². The van der Waals surface area contributed by atoms with Crippen LogP contribution in [0.4, 0.5) is 13.2 Å². The van der Waals surface area contributed by atoms with Gasteiger partial charge in [-0.1, -0.05) is 13.8 Å². The van der Waals surface area contributed by atoms with Gasteiger partial charge >= 0.3 is 6.18 Å². The van der Waals surface area contributed by atoms with E-state index in [9.17, 15) is 13.2 Å². The molecule has 5 heteroatoms. The van der Waals surface area contributed by atoms with Crippen molar-refractivity contribution in [3.63, 3.8) is 0 Å². The highest BCUT2D eigenvalue weighted by atomic mass is 19.4. The topological polar surface area (TPSA) is 29.3 Å². The van der Waals surface area contributed by atoms with Gasteiger partial charge in [0.25, 0.3) is 0 Å². The Hall–Kier alpha value is -0.290. The monoisotopic (exact) mass is 252 g/mol. The van der Waals surface area contributed by atoms with Crippen LogP contribution in [0.3, 0.4) is 0 Å². The summed E-state index contributed by atoms with van der Waals surface area (Å²) in [5.74, 6) is -0.571. The highest BCUT2D eigenvalue weighted by molar-refractivity contribution is 4.79. The maximum atomic E-state index is 12.5. The molecule has 2 nitrogen and oxygen atoms in total. The van der Waals surface area contributed by atoms with E-state index in [2.05, 4.69) is 18.7 Å². The molecule has 0 saturated carbocycles. The first-order chi connectivity index (χ1) is 7.79. The lowest BCUT2D eigenvalue weighted by Gasteiger charge is -2.34. The molecule has 0 aromatic carbocycles. The highest BCUT2D eigenvalue weighted by Gasteiger charge is 2.41. The van der Waals surface area contributed by atoms with Crippen molar-refractivity contribution in [3.05, 3.63) is 0 Å². The number of hydrogen-bond donors (Lipinski definition) is 1. The van der Waals surface area contributed by atoms with E-state index in [1.54, 1.807) is 0 Å². The molecule has 0 radical (unpaired) electrons. The number of alkyl halides is 3. The molecule has 1 aliphatic heterocycles. The summed E-state index contributed by atoms with van der Waals surface area (Å²) in [7, 11) is 0. The summed E-state index contributed by atoms with van der Waals surface area (Å²) >= 11 is 0. The van der Waals surface area contributed by atoms with E-state index in [4.69, 9.17) is 5.73 Å². The van der Waals surface area contributed by atoms with Crippen LogP contribution in [0.25, 0.3) is 0 Å². The number of rotatable bonds is 4. The molecule has 1 saturated heterocycles. The largest absolute Gasteiger partial charge is 0.391 e. The Morgan fingerprint density at radius 1 is 1.24 bits per heavy atom. The fourth-order valence-electron chi connectivity index (χ4n) is 2.45. The van der Waals surface area contributed by atoms with Crippen molar-refractivity contribution < 1.29 is 13.2 Å². The third kappa shape index (κ3) is 5.25. The van der Waals surface area contributed by atoms with Gasteiger partial charge in [-0.15, -0.1) is 0 Å². The molecule has 2 N–H and O–H groups in total. The van der Waals surface area contributed by atoms with E-state index in [0.717, 1.165) is 13.0 Å². The van der Waals surface area contributed by atoms with Gasteiger partial charge in [0, 0.05) is 12.6 Å². The van der Waals surface area contributed by atoms with Gasteiger partial charge in [-0.2, -0.15) is 13.2 Å². The lowest BCUT2D eigenvalue weighted by molar-refractivity contribution is -0.185. The van der Waals surface area contributed by atoms with Crippen LogP contribution < -0.4 is 5.73 Å². The summed E-state index contributed by atoms with van der Waals surface area (Å²) in [4.78, 5) is 2.06. The van der Waals surface area contributed by atoms with Crippen LogP contribution in [0.2, 0.25) is 0 Å². The highest BCUT2D eigenvalue weighted by Crippen LogP contribution is 2.34. The maximum Gasteiger partial charge on any atom is 0.391 e. The van der Waals surface area contributed by atoms with Gasteiger partial charge in [0.05, 0.1) is 5.92 Å². The number of nitrogens with two attached hydrogens (primary N) is 1. The van der Waals surface area contributed by atoms with Crippen LogP contribution in [0, 0.1) is 11.8 Å². The molecule has 0 spiro atoms. The van der Waals surface area contributed by atoms with E-state index in [0.29, 0.717) is 19.0 Å². The van der Waals surface area contributed by atoms with E-state index in [-0.39, 0.29) is 18.9 Å². The van der Waals surface area contributed by atoms with Crippen LogP contribution in [0.5, 0.6) is 0 Å². The van der Waals surface area contributed by atoms with Crippen LogP contribution in [-0.4, -0.2) is 36.8 Å². The lowest BCUT2D eigenvalue weighted by Crippen LogP contribution is -2.44. The molecule has 1 aliphatic rings. The molecular formula is C12H23F3N2. The molecule has 0 aliphatic carbocycles. The van der Waals surface area contributed by atoms with Crippen molar-refractivity contribution in [2.45, 2.75) is 45.3 Å². The molecule has 0 amide bonds. The van der Waals surface area contributed by atoms with Gasteiger partial charge in [0.2, 0.25) is 0 Å². The third-order valence-corrected chi connectivity index (χ3v) is 3.32. The molecule has 1 fully saturated rings. The number of nitrogens with zero attached hydrogens (tertiary/aromatic N) is 1. The van der Waals surface area contributed by atoms with Gasteiger partial charge in [-0.3, -0.25) is 0 Å². The van der Waals surface area contributed by atoms with Crippen molar-refractivity contribution in [2.75, 3.05) is 19.6 Å². The summed E-state index contributed by atoms with van der Waals surface area (Å²) in [6.07, 6.45) is -2.65. The fraction of sp³-hybridized carbons (Fsp3) is 1.00. The van der Waals surface area contributed by atoms with Gasteiger partial charge in [0.15, 0.2) is 0 Å². The zero-order valence-corrected chi connectivity index (χ0v) is 10.6. The molecule has 0 aromatic rings. The average molecular weight is 252 g/mol. The fourth-order valence-corrected chi connectivity index (χ4v) is 2.45. The second kappa shape index (κ2) is 6.05. The van der Waals surface area contributed by atoms with E-state index in [1.807, 2.05) is 0 Å². The number of halogens is 3. The van der Waals surface area contributed by atoms with Crippen molar-refractivity contribution in [1.29, 1.82) is 0 Å². The molecule has 0 bridgehead atoms. The van der Waals surface area contributed by atoms with Crippen LogP contribution in [0.1, 0.15) is 33.1 Å². The Bertz CT molecular complexity index is 220. The van der Waals surface area contributed by atoms with Gasteiger partial charge in [-0.25, -0.2) is 0 Å². The standard InChI is InChI=1S/C12H23F3N2/c1-9(2)7-11(16)8-17-5-3-10(4-6-17)12(13,14)15/h9-11H,3-8,16H2,1-2H3. The molecule has 1 unspecified atom stereocenters. The van der Waals surface area contributed by atoms with Crippen molar-refractivity contribution in [2.24, 2.45) is 17.6 Å². The SMILES string of the molecule is CC(C)CC(N)CN1CCC(C(F)(F)F)CC1. The second-order valence-electron chi connectivity index (χ2n) is 5.51. The minimum absolute atomic E-state index is 0.0810. The first-order valence-electron chi connectivity index (χ1n) is 6.33. The van der Waals surface area contributed by atoms with Gasteiger partial charge in [-0.05, 0) is 38.3 Å². The molecular weight excluding hydrogens is 229 g/mol. The van der Waals surface area contributed by atoms with Crippen LogP contribution in [-0.2, 0) is 0 Å². The Labute approximate surface area is 101 Å². The normalized spacial score (nSPS) is 22.1. The number of hydrogen-bond acceptors (Lipinski definition) is 2. The summed E-state index contributed by atoms with van der Waals surface area (Å²) in [6.45, 7) is 5.99. The minimum atomic E-state index is -4.02. The Kier molecular flexibility index (Phi) is 5.25. The Morgan fingerprint density at radius 3 is 2.18 bits per heavy atom. The molecule has 1 atom stereocenters. The molecule has 1 heterocycles. The number of likely N-dealkylation sites (tertiary alicyclic amines) is 1. The van der Waals surface area contributed by atoms with Crippen molar-refractivity contribution in [3.8, 4) is 0 Å². The quantitative estimate of drug-likeness (QED) is 0.833. The second-order valence-corrected chi connectivity index (χ2v) is 5.51.